The van der Waals surface area contributed by atoms with Crippen molar-refractivity contribution >= 4 is 11.0 Å². The molecule has 1 aromatic heterocycles. The molecule has 0 saturated carbocycles. The van der Waals surface area contributed by atoms with Crippen LogP contribution in [0.3, 0.4) is 0 Å². The van der Waals surface area contributed by atoms with Gasteiger partial charge < -0.3 is 9.88 Å². The van der Waals surface area contributed by atoms with Crippen LogP contribution in [0, 0.1) is 5.82 Å². The average molecular weight is 283 g/mol. The molecule has 0 unspecified atom stereocenters. The van der Waals surface area contributed by atoms with E-state index in [1.807, 2.05) is 37.4 Å². The molecule has 0 radical (unpaired) electrons. The quantitative estimate of drug-likeness (QED) is 0.729. The van der Waals surface area contributed by atoms with Crippen LogP contribution >= 0.6 is 0 Å². The summed E-state index contributed by atoms with van der Waals surface area (Å²) in [7, 11) is 2.03. The fourth-order valence-electron chi connectivity index (χ4n) is 2.44. The first-order valence-electron chi connectivity index (χ1n) is 7.09. The third-order valence-electron chi connectivity index (χ3n) is 3.67. The summed E-state index contributed by atoms with van der Waals surface area (Å²) in [5.41, 5.74) is 3.30. The molecule has 21 heavy (non-hydrogen) atoms. The van der Waals surface area contributed by atoms with Gasteiger partial charge in [0.2, 0.25) is 0 Å². The molecule has 3 rings (SSSR count). The van der Waals surface area contributed by atoms with Crippen molar-refractivity contribution in [1.82, 2.24) is 14.9 Å². The standard InChI is InChI=1S/C17H18FN3/c1-21-16-5-3-2-4-15(16)20-17(21)12-19-11-10-13-6-8-14(18)9-7-13/h2-9,19H,10-12H2,1H3. The van der Waals surface area contributed by atoms with Crippen LogP contribution in [0.15, 0.2) is 48.5 Å². The minimum absolute atomic E-state index is 0.189. The maximum Gasteiger partial charge on any atom is 0.123 e. The first kappa shape index (κ1) is 13.8. The zero-order valence-corrected chi connectivity index (χ0v) is 12.0. The van der Waals surface area contributed by atoms with Gasteiger partial charge in [-0.1, -0.05) is 24.3 Å². The second kappa shape index (κ2) is 6.06. The number of halogens is 1. The summed E-state index contributed by atoms with van der Waals surface area (Å²) in [5, 5.41) is 3.39. The van der Waals surface area contributed by atoms with E-state index in [1.54, 1.807) is 0 Å². The Kier molecular flexibility index (Phi) is 3.97. The van der Waals surface area contributed by atoms with Crippen LogP contribution in [0.2, 0.25) is 0 Å². The topological polar surface area (TPSA) is 29.9 Å². The predicted octanol–water partition coefficient (Wildman–Crippen LogP) is 3.04. The maximum atomic E-state index is 12.8. The second-order valence-electron chi connectivity index (χ2n) is 5.13. The van der Waals surface area contributed by atoms with Gasteiger partial charge in [-0.15, -0.1) is 0 Å². The van der Waals surface area contributed by atoms with E-state index in [0.717, 1.165) is 41.9 Å². The van der Waals surface area contributed by atoms with Gasteiger partial charge in [-0.25, -0.2) is 9.37 Å². The van der Waals surface area contributed by atoms with Crippen molar-refractivity contribution in [3.63, 3.8) is 0 Å². The van der Waals surface area contributed by atoms with Crippen molar-refractivity contribution in [3.8, 4) is 0 Å². The normalized spacial score (nSPS) is 11.1. The van der Waals surface area contributed by atoms with Crippen LogP contribution in [-0.2, 0) is 20.0 Å². The Morgan fingerprint density at radius 3 is 2.62 bits per heavy atom. The highest BCUT2D eigenvalue weighted by Gasteiger charge is 2.06. The molecule has 3 aromatic rings. The van der Waals surface area contributed by atoms with Crippen LogP contribution < -0.4 is 5.32 Å². The van der Waals surface area contributed by atoms with Gasteiger partial charge in [-0.05, 0) is 42.8 Å². The molecule has 0 amide bonds. The lowest BCUT2D eigenvalue weighted by Crippen LogP contribution is -2.19. The van der Waals surface area contributed by atoms with E-state index in [9.17, 15) is 4.39 Å². The Morgan fingerprint density at radius 2 is 1.86 bits per heavy atom. The molecule has 0 saturated heterocycles. The van der Waals surface area contributed by atoms with E-state index in [-0.39, 0.29) is 5.82 Å². The molecule has 0 spiro atoms. The Bertz CT molecular complexity index is 731. The largest absolute Gasteiger partial charge is 0.330 e. The van der Waals surface area contributed by atoms with E-state index in [2.05, 4.69) is 20.9 Å². The summed E-state index contributed by atoms with van der Waals surface area (Å²) in [6.45, 7) is 1.57. The highest BCUT2D eigenvalue weighted by molar-refractivity contribution is 5.75. The molecule has 0 atom stereocenters. The molecular weight excluding hydrogens is 265 g/mol. The highest BCUT2D eigenvalue weighted by atomic mass is 19.1. The lowest BCUT2D eigenvalue weighted by atomic mass is 10.1. The summed E-state index contributed by atoms with van der Waals surface area (Å²) in [4.78, 5) is 4.62. The zero-order valence-electron chi connectivity index (χ0n) is 12.0. The number of aryl methyl sites for hydroxylation is 1. The molecule has 108 valence electrons. The predicted molar refractivity (Wildman–Crippen MR) is 82.5 cm³/mol. The minimum atomic E-state index is -0.189. The van der Waals surface area contributed by atoms with Gasteiger partial charge in [-0.3, -0.25) is 0 Å². The lowest BCUT2D eigenvalue weighted by molar-refractivity contribution is 0.624. The smallest absolute Gasteiger partial charge is 0.123 e. The number of fused-ring (bicyclic) bond motifs is 1. The molecule has 0 aliphatic carbocycles. The Morgan fingerprint density at radius 1 is 1.10 bits per heavy atom. The van der Waals surface area contributed by atoms with Gasteiger partial charge in [0.25, 0.3) is 0 Å². The van der Waals surface area contributed by atoms with Gasteiger partial charge >= 0.3 is 0 Å². The lowest BCUT2D eigenvalue weighted by Gasteiger charge is -2.05. The Labute approximate surface area is 123 Å². The molecule has 1 heterocycles. The Balaban J connectivity index is 1.57. The second-order valence-corrected chi connectivity index (χ2v) is 5.13. The third-order valence-corrected chi connectivity index (χ3v) is 3.67. The third kappa shape index (κ3) is 3.11. The van der Waals surface area contributed by atoms with Crippen LogP contribution in [0.25, 0.3) is 11.0 Å². The number of benzene rings is 2. The minimum Gasteiger partial charge on any atom is -0.330 e. The molecule has 0 aliphatic rings. The van der Waals surface area contributed by atoms with Crippen molar-refractivity contribution in [1.29, 1.82) is 0 Å². The summed E-state index contributed by atoms with van der Waals surface area (Å²) in [5.74, 6) is 0.835. The van der Waals surface area contributed by atoms with Gasteiger partial charge in [0.05, 0.1) is 17.6 Å². The van der Waals surface area contributed by atoms with Crippen LogP contribution in [0.4, 0.5) is 4.39 Å². The Hall–Kier alpha value is -2.20. The molecular formula is C17H18FN3. The number of nitrogens with one attached hydrogen (secondary N) is 1. The van der Waals surface area contributed by atoms with Gasteiger partial charge in [-0.2, -0.15) is 0 Å². The maximum absolute atomic E-state index is 12.8. The van der Waals surface area contributed by atoms with Gasteiger partial charge in [0, 0.05) is 7.05 Å². The molecule has 2 aromatic carbocycles. The van der Waals surface area contributed by atoms with Crippen molar-refractivity contribution in [3.05, 3.63) is 65.7 Å². The number of imidazole rings is 1. The number of rotatable bonds is 5. The van der Waals surface area contributed by atoms with Crippen LogP contribution in [0.5, 0.6) is 0 Å². The fraction of sp³-hybridized carbons (Fsp3) is 0.235. The van der Waals surface area contributed by atoms with E-state index < -0.39 is 0 Å². The molecule has 0 aliphatic heterocycles. The molecule has 4 heteroatoms. The summed E-state index contributed by atoms with van der Waals surface area (Å²) < 4.78 is 14.9. The van der Waals surface area contributed by atoms with Gasteiger partial charge in [0.1, 0.15) is 11.6 Å². The highest BCUT2D eigenvalue weighted by Crippen LogP contribution is 2.13. The SMILES string of the molecule is Cn1c(CNCCc2ccc(F)cc2)nc2ccccc21. The molecule has 0 fully saturated rings. The van der Waals surface area contributed by atoms with Crippen molar-refractivity contribution < 1.29 is 4.39 Å². The number of hydrogen-bond acceptors (Lipinski definition) is 2. The summed E-state index contributed by atoms with van der Waals surface area (Å²) in [6.07, 6.45) is 0.879. The number of nitrogens with zero attached hydrogens (tertiary/aromatic N) is 2. The van der Waals surface area contributed by atoms with Crippen molar-refractivity contribution in [2.24, 2.45) is 7.05 Å². The average Bonchev–Trinajstić information content (AvgIpc) is 2.82. The van der Waals surface area contributed by atoms with Gasteiger partial charge in [0.15, 0.2) is 0 Å². The molecule has 1 N–H and O–H groups in total. The zero-order chi connectivity index (χ0) is 14.7. The first-order chi connectivity index (χ1) is 10.2. The van der Waals surface area contributed by atoms with E-state index in [0.29, 0.717) is 0 Å². The molecule has 3 nitrogen and oxygen atoms in total. The van der Waals surface area contributed by atoms with E-state index in [4.69, 9.17) is 0 Å². The van der Waals surface area contributed by atoms with Crippen molar-refractivity contribution in [2.45, 2.75) is 13.0 Å². The molecule has 0 bridgehead atoms. The summed E-state index contributed by atoms with van der Waals surface area (Å²) in [6, 6.07) is 14.8. The first-order valence-corrected chi connectivity index (χ1v) is 7.09. The van der Waals surface area contributed by atoms with Crippen LogP contribution in [0.1, 0.15) is 11.4 Å². The fourth-order valence-corrected chi connectivity index (χ4v) is 2.44. The number of para-hydroxylation sites is 2. The van der Waals surface area contributed by atoms with E-state index >= 15 is 0 Å². The number of hydrogen-bond donors (Lipinski definition) is 1. The monoisotopic (exact) mass is 283 g/mol. The van der Waals surface area contributed by atoms with E-state index in [1.165, 1.54) is 12.1 Å². The summed E-state index contributed by atoms with van der Waals surface area (Å²) >= 11 is 0. The van der Waals surface area contributed by atoms with Crippen molar-refractivity contribution in [2.75, 3.05) is 6.54 Å². The van der Waals surface area contributed by atoms with Crippen LogP contribution in [-0.4, -0.2) is 16.1 Å². The number of aromatic nitrogens is 2.